The first-order valence-electron chi connectivity index (χ1n) is 6.34. The minimum Gasteiger partial charge on any atom is -0.462 e. The van der Waals surface area contributed by atoms with Crippen LogP contribution in [0.2, 0.25) is 0 Å². The molecule has 0 bridgehead atoms. The normalized spacial score (nSPS) is 15.6. The predicted molar refractivity (Wildman–Crippen MR) is 84.4 cm³/mol. The van der Waals surface area contributed by atoms with Crippen LogP contribution in [0.1, 0.15) is 16.1 Å². The maximum absolute atomic E-state index is 12.3. The molecule has 0 unspecified atom stereocenters. The van der Waals surface area contributed by atoms with E-state index in [1.54, 1.807) is 6.26 Å². The molecular weight excluding hydrogens is 302 g/mol. The summed E-state index contributed by atoms with van der Waals surface area (Å²) in [6.07, 6.45) is 3.47. The summed E-state index contributed by atoms with van der Waals surface area (Å²) in [5, 5.41) is 2.75. The average molecular weight is 311 g/mol. The van der Waals surface area contributed by atoms with Crippen molar-refractivity contribution in [2.24, 2.45) is 0 Å². The van der Waals surface area contributed by atoms with E-state index in [1.807, 2.05) is 47.9 Å². The number of Topliss-reactive ketones (excluding diaryl/α,β-unsaturated/α-hetero) is 1. The Labute approximate surface area is 129 Å². The molecule has 0 saturated carbocycles. The molecule has 0 fully saturated rings. The first-order valence-corrected chi connectivity index (χ1v) is 8.03. The molecule has 1 aromatic carbocycles. The monoisotopic (exact) mass is 311 g/mol. The van der Waals surface area contributed by atoms with Gasteiger partial charge in [0.15, 0.2) is 10.8 Å². The molecule has 102 valence electrons. The maximum atomic E-state index is 12.3. The van der Waals surface area contributed by atoms with Gasteiger partial charge >= 0.3 is 0 Å². The predicted octanol–water partition coefficient (Wildman–Crippen LogP) is 4.73. The molecule has 3 aromatic rings. The van der Waals surface area contributed by atoms with Crippen LogP contribution in [0, 0.1) is 0 Å². The molecule has 0 N–H and O–H groups in total. The van der Waals surface area contributed by atoms with Gasteiger partial charge < -0.3 is 4.42 Å². The van der Waals surface area contributed by atoms with Crippen LogP contribution in [0.3, 0.4) is 0 Å². The lowest BCUT2D eigenvalue weighted by atomic mass is 10.1. The van der Waals surface area contributed by atoms with Gasteiger partial charge in [-0.1, -0.05) is 23.9 Å². The second-order valence-corrected chi connectivity index (χ2v) is 6.43. The highest BCUT2D eigenvalue weighted by Gasteiger charge is 2.25. The highest BCUT2D eigenvalue weighted by molar-refractivity contribution is 8.04. The number of nitrogens with zero attached hydrogens (tertiary/aromatic N) is 1. The van der Waals surface area contributed by atoms with E-state index in [4.69, 9.17) is 4.42 Å². The maximum Gasteiger partial charge on any atom is 0.200 e. The SMILES string of the molecule is O=C1/C(=C\c2csc(-c3ccco3)n2)Sc2ccccc21. The lowest BCUT2D eigenvalue weighted by Gasteiger charge is -1.91. The van der Waals surface area contributed by atoms with E-state index in [2.05, 4.69) is 4.98 Å². The van der Waals surface area contributed by atoms with Crippen LogP contribution in [-0.4, -0.2) is 10.8 Å². The number of thioether (sulfide) groups is 1. The lowest BCUT2D eigenvalue weighted by Crippen LogP contribution is -1.93. The van der Waals surface area contributed by atoms with E-state index in [9.17, 15) is 4.79 Å². The smallest absolute Gasteiger partial charge is 0.200 e. The summed E-state index contributed by atoms with van der Waals surface area (Å²) >= 11 is 3.00. The third-order valence-corrected chi connectivity index (χ3v) is 5.08. The number of furan rings is 1. The molecule has 1 aliphatic rings. The van der Waals surface area contributed by atoms with Gasteiger partial charge in [0.05, 0.1) is 16.9 Å². The number of fused-ring (bicyclic) bond motifs is 1. The van der Waals surface area contributed by atoms with Crippen molar-refractivity contribution in [2.75, 3.05) is 0 Å². The highest BCUT2D eigenvalue weighted by Crippen LogP contribution is 2.40. The van der Waals surface area contributed by atoms with Crippen LogP contribution < -0.4 is 0 Å². The number of carbonyl (C=O) groups excluding carboxylic acids is 1. The summed E-state index contributed by atoms with van der Waals surface area (Å²) in [6.45, 7) is 0. The minimum absolute atomic E-state index is 0.0724. The van der Waals surface area contributed by atoms with Crippen molar-refractivity contribution in [1.82, 2.24) is 4.98 Å². The lowest BCUT2D eigenvalue weighted by molar-refractivity contribution is 0.104. The van der Waals surface area contributed by atoms with E-state index in [0.29, 0.717) is 4.91 Å². The second-order valence-electron chi connectivity index (χ2n) is 4.49. The van der Waals surface area contributed by atoms with Gasteiger partial charge in [-0.25, -0.2) is 4.98 Å². The van der Waals surface area contributed by atoms with Gasteiger partial charge in [0, 0.05) is 15.8 Å². The summed E-state index contributed by atoms with van der Waals surface area (Å²) in [4.78, 5) is 18.5. The number of benzene rings is 1. The molecular formula is C16H9NO2S2. The third kappa shape index (κ3) is 2.24. The van der Waals surface area contributed by atoms with Crippen LogP contribution in [0.4, 0.5) is 0 Å². The van der Waals surface area contributed by atoms with Crippen LogP contribution in [0.15, 0.2) is 62.3 Å². The molecule has 2 aromatic heterocycles. The molecule has 0 atom stereocenters. The number of allylic oxidation sites excluding steroid dienone is 1. The number of aromatic nitrogens is 1. The summed E-state index contributed by atoms with van der Waals surface area (Å²) in [7, 11) is 0. The summed E-state index contributed by atoms with van der Waals surface area (Å²) < 4.78 is 5.33. The van der Waals surface area contributed by atoms with Crippen molar-refractivity contribution < 1.29 is 9.21 Å². The van der Waals surface area contributed by atoms with Gasteiger partial charge in [0.2, 0.25) is 5.78 Å². The van der Waals surface area contributed by atoms with Gasteiger partial charge in [0.25, 0.3) is 0 Å². The fourth-order valence-electron chi connectivity index (χ4n) is 2.14. The Balaban J connectivity index is 1.66. The molecule has 1 aliphatic heterocycles. The Bertz CT molecular complexity index is 847. The standard InChI is InChI=1S/C16H9NO2S2/c18-15-11-4-1-2-6-13(11)21-14(15)8-10-9-20-16(17-10)12-5-3-7-19-12/h1-9H/b14-8+. The van der Waals surface area contributed by atoms with E-state index < -0.39 is 0 Å². The molecule has 21 heavy (non-hydrogen) atoms. The fraction of sp³-hybridized carbons (Fsp3) is 0. The molecule has 5 heteroatoms. The van der Waals surface area contributed by atoms with Crippen LogP contribution in [0.25, 0.3) is 16.8 Å². The van der Waals surface area contributed by atoms with Crippen molar-refractivity contribution >= 4 is 35.0 Å². The average Bonchev–Trinajstić information content (AvgIpc) is 3.21. The Morgan fingerprint density at radius 1 is 1.14 bits per heavy atom. The van der Waals surface area contributed by atoms with Crippen LogP contribution in [0.5, 0.6) is 0 Å². The molecule has 0 amide bonds. The molecule has 0 radical (unpaired) electrons. The van der Waals surface area contributed by atoms with Gasteiger partial charge in [-0.2, -0.15) is 0 Å². The summed E-state index contributed by atoms with van der Waals surface area (Å²) in [5.74, 6) is 0.821. The number of hydrogen-bond donors (Lipinski definition) is 0. The summed E-state index contributed by atoms with van der Waals surface area (Å²) in [6, 6.07) is 11.4. The molecule has 3 nitrogen and oxygen atoms in total. The van der Waals surface area contributed by atoms with E-state index in [1.165, 1.54) is 23.1 Å². The van der Waals surface area contributed by atoms with Crippen molar-refractivity contribution in [3.05, 3.63) is 64.2 Å². The van der Waals surface area contributed by atoms with Crippen molar-refractivity contribution in [1.29, 1.82) is 0 Å². The number of rotatable bonds is 2. The van der Waals surface area contributed by atoms with Crippen LogP contribution in [-0.2, 0) is 0 Å². The molecule has 0 spiro atoms. The molecule has 4 rings (SSSR count). The Morgan fingerprint density at radius 3 is 2.86 bits per heavy atom. The first kappa shape index (κ1) is 12.6. The Kier molecular flexibility index (Phi) is 3.02. The van der Waals surface area contributed by atoms with Gasteiger partial charge in [-0.15, -0.1) is 11.3 Å². The van der Waals surface area contributed by atoms with E-state index in [-0.39, 0.29) is 5.78 Å². The minimum atomic E-state index is 0.0724. The van der Waals surface area contributed by atoms with Crippen molar-refractivity contribution in [2.45, 2.75) is 4.90 Å². The number of thiazole rings is 1. The van der Waals surface area contributed by atoms with Crippen LogP contribution >= 0.6 is 23.1 Å². The highest BCUT2D eigenvalue weighted by atomic mass is 32.2. The van der Waals surface area contributed by atoms with E-state index in [0.717, 1.165) is 26.9 Å². The molecule has 0 saturated heterocycles. The quantitative estimate of drug-likeness (QED) is 0.642. The zero-order chi connectivity index (χ0) is 14.2. The fourth-order valence-corrected chi connectivity index (χ4v) is 3.92. The van der Waals surface area contributed by atoms with Gasteiger partial charge in [0.1, 0.15) is 0 Å². The van der Waals surface area contributed by atoms with Crippen molar-refractivity contribution in [3.8, 4) is 10.8 Å². The largest absolute Gasteiger partial charge is 0.462 e. The number of hydrogen-bond acceptors (Lipinski definition) is 5. The Morgan fingerprint density at radius 2 is 2.05 bits per heavy atom. The van der Waals surface area contributed by atoms with Crippen molar-refractivity contribution in [3.63, 3.8) is 0 Å². The summed E-state index contributed by atoms with van der Waals surface area (Å²) in [5.41, 5.74) is 1.56. The Hall–Kier alpha value is -2.11. The first-order chi connectivity index (χ1) is 10.3. The molecule has 3 heterocycles. The second kappa shape index (κ2) is 5.02. The number of ketones is 1. The number of carbonyl (C=O) groups is 1. The van der Waals surface area contributed by atoms with Gasteiger partial charge in [-0.05, 0) is 30.3 Å². The zero-order valence-corrected chi connectivity index (χ0v) is 12.4. The topological polar surface area (TPSA) is 43.1 Å². The molecule has 0 aliphatic carbocycles. The zero-order valence-electron chi connectivity index (χ0n) is 10.8. The van der Waals surface area contributed by atoms with Gasteiger partial charge in [-0.3, -0.25) is 4.79 Å². The van der Waals surface area contributed by atoms with E-state index >= 15 is 0 Å². The third-order valence-electron chi connectivity index (χ3n) is 3.11.